The number of piperidine rings is 1. The fraction of sp³-hybridized carbons (Fsp3) is 0.450. The van der Waals surface area contributed by atoms with Gasteiger partial charge in [0.2, 0.25) is 5.91 Å². The quantitative estimate of drug-likeness (QED) is 0.900. The first-order chi connectivity index (χ1) is 12.7. The molecule has 2 aromatic heterocycles. The summed E-state index contributed by atoms with van der Waals surface area (Å²) in [7, 11) is 0. The van der Waals surface area contributed by atoms with Gasteiger partial charge in [-0.3, -0.25) is 14.6 Å². The molecule has 2 amide bonds. The maximum absolute atomic E-state index is 12.9. The average molecular weight is 369 g/mol. The molecule has 4 rings (SSSR count). The van der Waals surface area contributed by atoms with Crippen LogP contribution < -0.4 is 5.32 Å². The predicted molar refractivity (Wildman–Crippen MR) is 102 cm³/mol. The summed E-state index contributed by atoms with van der Waals surface area (Å²) in [4.78, 5) is 32.6. The topological polar surface area (TPSA) is 62.3 Å². The average Bonchev–Trinajstić information content (AvgIpc) is 3.12. The number of hydrogen-bond donors (Lipinski definition) is 1. The number of pyridine rings is 1. The highest BCUT2D eigenvalue weighted by Gasteiger charge is 2.30. The van der Waals surface area contributed by atoms with Crippen LogP contribution in [0.25, 0.3) is 0 Å². The highest BCUT2D eigenvalue weighted by Crippen LogP contribution is 2.31. The molecule has 1 aliphatic carbocycles. The lowest BCUT2D eigenvalue weighted by molar-refractivity contribution is -0.121. The number of amides is 2. The number of likely N-dealkylation sites (tertiary alicyclic amines) is 1. The van der Waals surface area contributed by atoms with E-state index in [1.165, 1.54) is 23.3 Å². The van der Waals surface area contributed by atoms with Crippen molar-refractivity contribution in [3.05, 3.63) is 45.9 Å². The van der Waals surface area contributed by atoms with Gasteiger partial charge < -0.3 is 10.2 Å². The van der Waals surface area contributed by atoms with Gasteiger partial charge in [-0.2, -0.15) is 0 Å². The first kappa shape index (κ1) is 17.2. The Bertz CT molecular complexity index is 795. The van der Waals surface area contributed by atoms with Gasteiger partial charge in [0.15, 0.2) is 0 Å². The van der Waals surface area contributed by atoms with Gasteiger partial charge in [-0.1, -0.05) is 0 Å². The smallest absolute Gasteiger partial charge is 0.254 e. The van der Waals surface area contributed by atoms with Crippen LogP contribution in [0.1, 0.15) is 46.5 Å². The minimum absolute atomic E-state index is 0.0382. The van der Waals surface area contributed by atoms with Crippen molar-refractivity contribution >= 4 is 28.8 Å². The summed E-state index contributed by atoms with van der Waals surface area (Å²) in [6, 6.07) is 3.58. The standard InChI is InChI=1S/C20H23N3O2S/c24-19(22-15-5-9-21-10-6-15)14-7-11-23(12-8-14)20(25)17-13-26-18-4-2-1-3-16(17)18/h5-6,9-10,13-14H,1-4,7-8,11-12H2,(H,21,22,24). The van der Waals surface area contributed by atoms with Gasteiger partial charge in [0.1, 0.15) is 0 Å². The van der Waals surface area contributed by atoms with Crippen LogP contribution in [-0.4, -0.2) is 34.8 Å². The maximum Gasteiger partial charge on any atom is 0.254 e. The molecule has 2 aliphatic rings. The van der Waals surface area contributed by atoms with Crippen molar-refractivity contribution in [3.63, 3.8) is 0 Å². The van der Waals surface area contributed by atoms with Gasteiger partial charge in [-0.25, -0.2) is 0 Å². The number of thiophene rings is 1. The van der Waals surface area contributed by atoms with Crippen LogP contribution in [0.2, 0.25) is 0 Å². The van der Waals surface area contributed by atoms with Crippen LogP contribution in [0.15, 0.2) is 29.9 Å². The van der Waals surface area contributed by atoms with E-state index >= 15 is 0 Å². The molecule has 0 radical (unpaired) electrons. The van der Waals surface area contributed by atoms with E-state index < -0.39 is 0 Å². The van der Waals surface area contributed by atoms with Crippen molar-refractivity contribution in [3.8, 4) is 0 Å². The monoisotopic (exact) mass is 369 g/mol. The third kappa shape index (κ3) is 3.51. The molecule has 0 aromatic carbocycles. The Morgan fingerprint density at radius 1 is 1.12 bits per heavy atom. The number of carbonyl (C=O) groups excluding carboxylic acids is 2. The summed E-state index contributed by atoms with van der Waals surface area (Å²) in [5, 5.41) is 4.99. The van der Waals surface area contributed by atoms with Crippen molar-refractivity contribution < 1.29 is 9.59 Å². The third-order valence-electron chi connectivity index (χ3n) is 5.39. The van der Waals surface area contributed by atoms with E-state index in [-0.39, 0.29) is 17.7 Å². The Balaban J connectivity index is 1.35. The highest BCUT2D eigenvalue weighted by atomic mass is 32.1. The molecule has 26 heavy (non-hydrogen) atoms. The molecule has 1 aliphatic heterocycles. The minimum Gasteiger partial charge on any atom is -0.339 e. The lowest BCUT2D eigenvalue weighted by Crippen LogP contribution is -2.41. The molecule has 6 heteroatoms. The molecule has 3 heterocycles. The largest absolute Gasteiger partial charge is 0.339 e. The summed E-state index contributed by atoms with van der Waals surface area (Å²) in [5.74, 6) is 0.150. The summed E-state index contributed by atoms with van der Waals surface area (Å²) in [6.07, 6.45) is 9.33. The van der Waals surface area contributed by atoms with E-state index in [9.17, 15) is 9.59 Å². The molecular weight excluding hydrogens is 346 g/mol. The lowest BCUT2D eigenvalue weighted by Gasteiger charge is -2.31. The van der Waals surface area contributed by atoms with E-state index in [4.69, 9.17) is 0 Å². The summed E-state index contributed by atoms with van der Waals surface area (Å²) < 4.78 is 0. The molecule has 1 saturated heterocycles. The fourth-order valence-corrected chi connectivity index (χ4v) is 4.99. The van der Waals surface area contributed by atoms with Crippen LogP contribution >= 0.6 is 11.3 Å². The number of nitrogens with one attached hydrogen (secondary N) is 1. The van der Waals surface area contributed by atoms with Crippen molar-refractivity contribution in [2.24, 2.45) is 5.92 Å². The molecule has 0 atom stereocenters. The molecule has 0 unspecified atom stereocenters. The van der Waals surface area contributed by atoms with E-state index in [0.29, 0.717) is 13.1 Å². The Labute approximate surface area is 157 Å². The molecule has 136 valence electrons. The van der Waals surface area contributed by atoms with Crippen molar-refractivity contribution in [1.82, 2.24) is 9.88 Å². The summed E-state index contributed by atoms with van der Waals surface area (Å²) >= 11 is 1.73. The van der Waals surface area contributed by atoms with Crippen molar-refractivity contribution in [1.29, 1.82) is 0 Å². The fourth-order valence-electron chi connectivity index (χ4n) is 3.87. The molecule has 0 spiro atoms. The van der Waals surface area contributed by atoms with Gasteiger partial charge in [0.25, 0.3) is 5.91 Å². The van der Waals surface area contributed by atoms with E-state index in [1.807, 2.05) is 10.3 Å². The first-order valence-electron chi connectivity index (χ1n) is 9.32. The Kier molecular flexibility index (Phi) is 5.02. The zero-order chi connectivity index (χ0) is 17.9. The SMILES string of the molecule is O=C(Nc1ccncc1)C1CCN(C(=O)c2csc3c2CCCC3)CC1. The number of rotatable bonds is 3. The van der Waals surface area contributed by atoms with Crippen molar-refractivity contribution in [2.45, 2.75) is 38.5 Å². The second-order valence-corrected chi connectivity index (χ2v) is 8.01. The number of fused-ring (bicyclic) bond motifs is 1. The van der Waals surface area contributed by atoms with Crippen LogP contribution in [-0.2, 0) is 17.6 Å². The van der Waals surface area contributed by atoms with Crippen LogP contribution in [0.5, 0.6) is 0 Å². The third-order valence-corrected chi connectivity index (χ3v) is 6.48. The van der Waals surface area contributed by atoms with E-state index in [2.05, 4.69) is 10.3 Å². The van der Waals surface area contributed by atoms with Gasteiger partial charge in [-0.05, 0) is 56.2 Å². The maximum atomic E-state index is 12.9. The molecule has 5 nitrogen and oxygen atoms in total. The zero-order valence-corrected chi connectivity index (χ0v) is 15.6. The highest BCUT2D eigenvalue weighted by molar-refractivity contribution is 7.10. The summed E-state index contributed by atoms with van der Waals surface area (Å²) in [5.41, 5.74) is 2.96. The van der Waals surface area contributed by atoms with Gasteiger partial charge >= 0.3 is 0 Å². The van der Waals surface area contributed by atoms with Crippen molar-refractivity contribution in [2.75, 3.05) is 18.4 Å². The number of aromatic nitrogens is 1. The second-order valence-electron chi connectivity index (χ2n) is 7.05. The van der Waals surface area contributed by atoms with E-state index in [1.54, 1.807) is 35.9 Å². The number of anilines is 1. The Morgan fingerprint density at radius 3 is 2.62 bits per heavy atom. The first-order valence-corrected chi connectivity index (χ1v) is 10.2. The molecule has 1 fully saturated rings. The normalized spacial score (nSPS) is 17.6. The van der Waals surface area contributed by atoms with Crippen LogP contribution in [0, 0.1) is 5.92 Å². The van der Waals surface area contributed by atoms with Gasteiger partial charge in [0, 0.05) is 47.3 Å². The van der Waals surface area contributed by atoms with Gasteiger partial charge in [0.05, 0.1) is 5.56 Å². The number of carbonyl (C=O) groups is 2. The zero-order valence-electron chi connectivity index (χ0n) is 14.7. The molecule has 0 saturated carbocycles. The molecular formula is C20H23N3O2S. The minimum atomic E-state index is -0.0383. The number of hydrogen-bond acceptors (Lipinski definition) is 4. The molecule has 1 N–H and O–H groups in total. The Morgan fingerprint density at radius 2 is 1.85 bits per heavy atom. The summed E-state index contributed by atoms with van der Waals surface area (Å²) in [6.45, 7) is 1.30. The van der Waals surface area contributed by atoms with E-state index in [0.717, 1.165) is 36.9 Å². The second kappa shape index (κ2) is 7.58. The lowest BCUT2D eigenvalue weighted by atomic mass is 9.93. The number of aryl methyl sites for hydroxylation is 1. The van der Waals surface area contributed by atoms with Crippen LogP contribution in [0.4, 0.5) is 5.69 Å². The Hall–Kier alpha value is -2.21. The van der Waals surface area contributed by atoms with Crippen LogP contribution in [0.3, 0.4) is 0 Å². The predicted octanol–water partition coefficient (Wildman–Crippen LogP) is 3.51. The molecule has 2 aromatic rings. The van der Waals surface area contributed by atoms with Gasteiger partial charge in [-0.15, -0.1) is 11.3 Å². The molecule has 0 bridgehead atoms. The number of nitrogens with zero attached hydrogens (tertiary/aromatic N) is 2.